The SMILES string of the molecule is CC1(C)CCCN1S(=O)(=O)c1ccc(Cl)c(Br)c1. The van der Waals surface area contributed by atoms with Crippen LogP contribution in [0.4, 0.5) is 0 Å². The van der Waals surface area contributed by atoms with Crippen molar-refractivity contribution in [3.63, 3.8) is 0 Å². The van der Waals surface area contributed by atoms with E-state index in [1.165, 1.54) is 0 Å². The van der Waals surface area contributed by atoms with Crippen molar-refractivity contribution in [2.24, 2.45) is 0 Å². The molecular formula is C12H15BrClNO2S. The molecule has 0 aromatic heterocycles. The predicted molar refractivity (Wildman–Crippen MR) is 76.4 cm³/mol. The highest BCUT2D eigenvalue weighted by atomic mass is 79.9. The molecule has 1 saturated heterocycles. The van der Waals surface area contributed by atoms with Gasteiger partial charge in [0.15, 0.2) is 0 Å². The van der Waals surface area contributed by atoms with Crippen molar-refractivity contribution in [1.29, 1.82) is 0 Å². The Kier molecular flexibility index (Phi) is 3.80. The predicted octanol–water partition coefficient (Wildman–Crippen LogP) is 3.67. The lowest BCUT2D eigenvalue weighted by molar-refractivity contribution is 0.291. The quantitative estimate of drug-likeness (QED) is 0.814. The average Bonchev–Trinajstić information content (AvgIpc) is 2.62. The zero-order valence-electron chi connectivity index (χ0n) is 10.3. The van der Waals surface area contributed by atoms with Crippen molar-refractivity contribution in [2.75, 3.05) is 6.54 Å². The maximum Gasteiger partial charge on any atom is 0.243 e. The van der Waals surface area contributed by atoms with Crippen molar-refractivity contribution in [1.82, 2.24) is 4.31 Å². The summed E-state index contributed by atoms with van der Waals surface area (Å²) in [4.78, 5) is 0.286. The molecule has 3 nitrogen and oxygen atoms in total. The first-order valence-corrected chi connectivity index (χ1v) is 8.34. The molecule has 18 heavy (non-hydrogen) atoms. The van der Waals surface area contributed by atoms with Crippen LogP contribution >= 0.6 is 27.5 Å². The molecule has 0 unspecified atom stereocenters. The van der Waals surface area contributed by atoms with Crippen LogP contribution < -0.4 is 0 Å². The molecule has 2 rings (SSSR count). The Morgan fingerprint density at radius 3 is 2.56 bits per heavy atom. The zero-order chi connectivity index (χ0) is 13.6. The van der Waals surface area contributed by atoms with Gasteiger partial charge in [-0.15, -0.1) is 0 Å². The summed E-state index contributed by atoms with van der Waals surface area (Å²) in [5.41, 5.74) is -0.315. The highest BCUT2D eigenvalue weighted by Gasteiger charge is 2.40. The first-order valence-electron chi connectivity index (χ1n) is 5.73. The maximum atomic E-state index is 12.6. The van der Waals surface area contributed by atoms with Gasteiger partial charge < -0.3 is 0 Å². The van der Waals surface area contributed by atoms with Crippen LogP contribution in [0.15, 0.2) is 27.6 Å². The van der Waals surface area contributed by atoms with Crippen molar-refractivity contribution in [3.05, 3.63) is 27.7 Å². The van der Waals surface area contributed by atoms with E-state index in [0.29, 0.717) is 16.0 Å². The number of rotatable bonds is 2. The molecule has 0 aliphatic carbocycles. The molecule has 1 aliphatic heterocycles. The van der Waals surface area contributed by atoms with Gasteiger partial charge in [0.1, 0.15) is 0 Å². The summed E-state index contributed by atoms with van der Waals surface area (Å²) < 4.78 is 27.3. The Bertz CT molecular complexity index is 571. The first-order chi connectivity index (χ1) is 8.25. The van der Waals surface area contributed by atoms with Crippen LogP contribution in [-0.2, 0) is 10.0 Å². The molecule has 1 aromatic rings. The van der Waals surface area contributed by atoms with Crippen molar-refractivity contribution in [2.45, 2.75) is 37.1 Å². The summed E-state index contributed by atoms with van der Waals surface area (Å²) in [5.74, 6) is 0. The summed E-state index contributed by atoms with van der Waals surface area (Å²) >= 11 is 9.15. The van der Waals surface area contributed by atoms with Gasteiger partial charge >= 0.3 is 0 Å². The third-order valence-corrected chi connectivity index (χ3v) is 6.62. The summed E-state index contributed by atoms with van der Waals surface area (Å²) in [6.07, 6.45) is 1.79. The van der Waals surface area contributed by atoms with Crippen LogP contribution in [0, 0.1) is 0 Å². The second-order valence-electron chi connectivity index (χ2n) is 5.07. The normalized spacial score (nSPS) is 20.2. The lowest BCUT2D eigenvalue weighted by Gasteiger charge is -2.30. The topological polar surface area (TPSA) is 37.4 Å². The van der Waals surface area contributed by atoms with Gasteiger partial charge in [-0.2, -0.15) is 4.31 Å². The van der Waals surface area contributed by atoms with E-state index in [0.717, 1.165) is 12.8 Å². The molecule has 0 amide bonds. The molecule has 1 heterocycles. The minimum absolute atomic E-state index is 0.286. The molecule has 0 atom stereocenters. The van der Waals surface area contributed by atoms with E-state index in [2.05, 4.69) is 15.9 Å². The molecule has 100 valence electrons. The van der Waals surface area contributed by atoms with Gasteiger partial charge in [-0.3, -0.25) is 0 Å². The van der Waals surface area contributed by atoms with E-state index in [-0.39, 0.29) is 10.4 Å². The number of nitrogens with zero attached hydrogens (tertiary/aromatic N) is 1. The van der Waals surface area contributed by atoms with Crippen LogP contribution in [0.2, 0.25) is 5.02 Å². The Balaban J connectivity index is 2.45. The Morgan fingerprint density at radius 1 is 1.39 bits per heavy atom. The number of hydrogen-bond donors (Lipinski definition) is 0. The second-order valence-corrected chi connectivity index (χ2v) is 8.19. The number of halogens is 2. The van der Waals surface area contributed by atoms with Crippen LogP contribution in [0.25, 0.3) is 0 Å². The van der Waals surface area contributed by atoms with Crippen LogP contribution in [0.5, 0.6) is 0 Å². The highest BCUT2D eigenvalue weighted by molar-refractivity contribution is 9.10. The lowest BCUT2D eigenvalue weighted by Crippen LogP contribution is -2.42. The summed E-state index contributed by atoms with van der Waals surface area (Å²) in [6, 6.07) is 4.71. The third-order valence-electron chi connectivity index (χ3n) is 3.30. The number of hydrogen-bond acceptors (Lipinski definition) is 2. The zero-order valence-corrected chi connectivity index (χ0v) is 13.4. The molecule has 1 aliphatic rings. The van der Waals surface area contributed by atoms with E-state index in [1.807, 2.05) is 13.8 Å². The third kappa shape index (κ3) is 2.46. The molecule has 1 fully saturated rings. The van der Waals surface area contributed by atoms with E-state index in [9.17, 15) is 8.42 Å². The van der Waals surface area contributed by atoms with Gasteiger partial charge in [0, 0.05) is 16.6 Å². The number of sulfonamides is 1. The Labute approximate surface area is 121 Å². The first kappa shape index (κ1) is 14.3. The molecule has 0 spiro atoms. The summed E-state index contributed by atoms with van der Waals surface area (Å²) in [7, 11) is -3.44. The van der Waals surface area contributed by atoms with Gasteiger partial charge in [-0.05, 0) is 60.8 Å². The van der Waals surface area contributed by atoms with Crippen molar-refractivity contribution in [3.8, 4) is 0 Å². The Morgan fingerprint density at radius 2 is 2.06 bits per heavy atom. The van der Waals surface area contributed by atoms with E-state index < -0.39 is 10.0 Å². The number of benzene rings is 1. The van der Waals surface area contributed by atoms with Crippen molar-refractivity contribution < 1.29 is 8.42 Å². The summed E-state index contributed by atoms with van der Waals surface area (Å²) in [6.45, 7) is 4.50. The fourth-order valence-electron chi connectivity index (χ4n) is 2.29. The fourth-order valence-corrected chi connectivity index (χ4v) is 4.81. The van der Waals surface area contributed by atoms with Crippen LogP contribution in [-0.4, -0.2) is 24.8 Å². The molecule has 0 saturated carbocycles. The molecule has 0 radical (unpaired) electrons. The van der Waals surface area contributed by atoms with Gasteiger partial charge in [-0.25, -0.2) is 8.42 Å². The van der Waals surface area contributed by atoms with Gasteiger partial charge in [-0.1, -0.05) is 11.6 Å². The smallest absolute Gasteiger partial charge is 0.207 e. The Hall–Kier alpha value is -0.100. The summed E-state index contributed by atoms with van der Waals surface area (Å²) in [5, 5.41) is 0.509. The largest absolute Gasteiger partial charge is 0.243 e. The fraction of sp³-hybridized carbons (Fsp3) is 0.500. The van der Waals surface area contributed by atoms with Crippen LogP contribution in [0.3, 0.4) is 0 Å². The van der Waals surface area contributed by atoms with E-state index >= 15 is 0 Å². The van der Waals surface area contributed by atoms with Gasteiger partial charge in [0.2, 0.25) is 10.0 Å². The molecule has 0 N–H and O–H groups in total. The minimum Gasteiger partial charge on any atom is -0.207 e. The minimum atomic E-state index is -3.44. The molecular weight excluding hydrogens is 338 g/mol. The molecule has 6 heteroatoms. The van der Waals surface area contributed by atoms with Gasteiger partial charge in [0.25, 0.3) is 0 Å². The van der Waals surface area contributed by atoms with Gasteiger partial charge in [0.05, 0.1) is 9.92 Å². The van der Waals surface area contributed by atoms with Crippen molar-refractivity contribution >= 4 is 37.6 Å². The molecule has 0 bridgehead atoms. The van der Waals surface area contributed by atoms with E-state index in [4.69, 9.17) is 11.6 Å². The second kappa shape index (κ2) is 4.78. The van der Waals surface area contributed by atoms with E-state index in [1.54, 1.807) is 22.5 Å². The maximum absolute atomic E-state index is 12.6. The highest BCUT2D eigenvalue weighted by Crippen LogP contribution is 2.35. The monoisotopic (exact) mass is 351 g/mol. The van der Waals surface area contributed by atoms with Crippen LogP contribution in [0.1, 0.15) is 26.7 Å². The lowest BCUT2D eigenvalue weighted by atomic mass is 10.0. The standard InChI is InChI=1S/C12H15BrClNO2S/c1-12(2)6-3-7-15(12)18(16,17)9-4-5-11(14)10(13)8-9/h4-5,8H,3,6-7H2,1-2H3. The molecule has 1 aromatic carbocycles. The average molecular weight is 353 g/mol.